The minimum Gasteiger partial charge on any atom is -0.391 e. The lowest BCUT2D eigenvalue weighted by molar-refractivity contribution is 0.0936. The van der Waals surface area contributed by atoms with Crippen molar-refractivity contribution >= 4 is 6.03 Å². The van der Waals surface area contributed by atoms with E-state index in [-0.39, 0.29) is 24.2 Å². The van der Waals surface area contributed by atoms with Gasteiger partial charge in [0.1, 0.15) is 0 Å². The van der Waals surface area contributed by atoms with Crippen molar-refractivity contribution in [3.05, 3.63) is 0 Å². The standard InChI is InChI=1S/C16H28N2O2/c1-10(13-9-11-6-7-12(13)8-11)17-16(20)18-14-4-2-3-5-15(14)19/h10-15,19H,2-9H2,1H3,(H2,17,18,20). The van der Waals surface area contributed by atoms with Crippen molar-refractivity contribution in [2.24, 2.45) is 17.8 Å². The Morgan fingerprint density at radius 3 is 2.60 bits per heavy atom. The van der Waals surface area contributed by atoms with E-state index in [0.717, 1.165) is 37.5 Å². The maximum atomic E-state index is 12.1. The quantitative estimate of drug-likeness (QED) is 0.743. The molecule has 4 nitrogen and oxygen atoms in total. The number of hydrogen-bond donors (Lipinski definition) is 3. The third-order valence-corrected chi connectivity index (χ3v) is 5.84. The predicted octanol–water partition coefficient (Wildman–Crippen LogP) is 2.41. The molecule has 4 heteroatoms. The first-order valence-electron chi connectivity index (χ1n) is 8.38. The first kappa shape index (κ1) is 14.2. The van der Waals surface area contributed by atoms with Crippen LogP contribution in [0.1, 0.15) is 58.3 Å². The number of rotatable bonds is 3. The molecule has 3 aliphatic rings. The van der Waals surface area contributed by atoms with Crippen LogP contribution in [0.3, 0.4) is 0 Å². The summed E-state index contributed by atoms with van der Waals surface area (Å²) in [7, 11) is 0. The number of urea groups is 1. The molecule has 0 radical (unpaired) electrons. The van der Waals surface area contributed by atoms with Gasteiger partial charge in [-0.1, -0.05) is 19.3 Å². The molecule has 6 atom stereocenters. The second-order valence-electron chi connectivity index (χ2n) is 7.20. The minimum absolute atomic E-state index is 0.0593. The topological polar surface area (TPSA) is 61.4 Å². The zero-order valence-corrected chi connectivity index (χ0v) is 12.5. The summed E-state index contributed by atoms with van der Waals surface area (Å²) in [4.78, 5) is 12.1. The van der Waals surface area contributed by atoms with Crippen molar-refractivity contribution in [2.75, 3.05) is 0 Å². The van der Waals surface area contributed by atoms with Crippen molar-refractivity contribution < 1.29 is 9.90 Å². The fourth-order valence-electron chi connectivity index (χ4n) is 4.71. The molecule has 0 saturated heterocycles. The molecule has 2 bridgehead atoms. The zero-order chi connectivity index (χ0) is 14.1. The summed E-state index contributed by atoms with van der Waals surface area (Å²) >= 11 is 0. The van der Waals surface area contributed by atoms with E-state index in [9.17, 15) is 9.90 Å². The largest absolute Gasteiger partial charge is 0.391 e. The predicted molar refractivity (Wildman–Crippen MR) is 78.3 cm³/mol. The van der Waals surface area contributed by atoms with E-state index in [1.807, 2.05) is 0 Å². The number of carbonyl (C=O) groups excluding carboxylic acids is 1. The molecule has 0 spiro atoms. The molecule has 3 saturated carbocycles. The Hall–Kier alpha value is -0.770. The molecule has 0 aromatic carbocycles. The molecule has 6 unspecified atom stereocenters. The number of hydrogen-bond acceptors (Lipinski definition) is 2. The smallest absolute Gasteiger partial charge is 0.315 e. The van der Waals surface area contributed by atoms with Gasteiger partial charge >= 0.3 is 6.03 Å². The van der Waals surface area contributed by atoms with Crippen molar-refractivity contribution in [3.8, 4) is 0 Å². The Labute approximate surface area is 121 Å². The van der Waals surface area contributed by atoms with Gasteiger partial charge in [0.15, 0.2) is 0 Å². The van der Waals surface area contributed by atoms with Crippen LogP contribution in [0, 0.1) is 17.8 Å². The van der Waals surface area contributed by atoms with Crippen LogP contribution in [0.5, 0.6) is 0 Å². The van der Waals surface area contributed by atoms with Crippen LogP contribution in [-0.2, 0) is 0 Å². The van der Waals surface area contributed by atoms with Crippen LogP contribution in [0.25, 0.3) is 0 Å². The number of aliphatic hydroxyl groups excluding tert-OH is 1. The third kappa shape index (κ3) is 2.95. The van der Waals surface area contributed by atoms with Gasteiger partial charge in [0, 0.05) is 6.04 Å². The van der Waals surface area contributed by atoms with Crippen molar-refractivity contribution in [2.45, 2.75) is 76.5 Å². The summed E-state index contributed by atoms with van der Waals surface area (Å²) in [5.74, 6) is 2.41. The maximum Gasteiger partial charge on any atom is 0.315 e. The monoisotopic (exact) mass is 280 g/mol. The normalized spacial score (nSPS) is 41.4. The van der Waals surface area contributed by atoms with Gasteiger partial charge in [0.05, 0.1) is 12.1 Å². The summed E-state index contributed by atoms with van der Waals surface area (Å²) in [6, 6.07) is 0.105. The van der Waals surface area contributed by atoms with Crippen molar-refractivity contribution in [1.82, 2.24) is 10.6 Å². The van der Waals surface area contributed by atoms with Gasteiger partial charge in [0.2, 0.25) is 0 Å². The van der Waals surface area contributed by atoms with E-state index in [2.05, 4.69) is 17.6 Å². The molecular weight excluding hydrogens is 252 g/mol. The maximum absolute atomic E-state index is 12.1. The second-order valence-corrected chi connectivity index (χ2v) is 7.20. The number of carbonyl (C=O) groups is 1. The van der Waals surface area contributed by atoms with E-state index in [4.69, 9.17) is 0 Å². The van der Waals surface area contributed by atoms with Crippen molar-refractivity contribution in [3.63, 3.8) is 0 Å². The summed E-state index contributed by atoms with van der Waals surface area (Å²) in [6.07, 6.45) is 8.93. The van der Waals surface area contributed by atoms with E-state index in [1.54, 1.807) is 0 Å². The number of nitrogens with one attached hydrogen (secondary N) is 2. The number of amides is 2. The molecular formula is C16H28N2O2. The van der Waals surface area contributed by atoms with Crippen molar-refractivity contribution in [1.29, 1.82) is 0 Å². The summed E-state index contributed by atoms with van der Waals surface area (Å²) < 4.78 is 0. The van der Waals surface area contributed by atoms with E-state index in [1.165, 1.54) is 25.7 Å². The number of fused-ring (bicyclic) bond motifs is 2. The number of aliphatic hydroxyl groups is 1. The fraction of sp³-hybridized carbons (Fsp3) is 0.938. The molecule has 0 aliphatic heterocycles. The molecule has 0 aromatic heterocycles. The highest BCUT2D eigenvalue weighted by atomic mass is 16.3. The second kappa shape index (κ2) is 5.92. The van der Waals surface area contributed by atoms with E-state index >= 15 is 0 Å². The van der Waals surface area contributed by atoms with Crippen LogP contribution < -0.4 is 10.6 Å². The van der Waals surface area contributed by atoms with E-state index < -0.39 is 0 Å². The molecule has 3 rings (SSSR count). The Morgan fingerprint density at radius 1 is 1.15 bits per heavy atom. The average Bonchev–Trinajstić information content (AvgIpc) is 3.03. The fourth-order valence-corrected chi connectivity index (χ4v) is 4.71. The molecule has 3 aliphatic carbocycles. The average molecular weight is 280 g/mol. The van der Waals surface area contributed by atoms with Gasteiger partial charge in [-0.05, 0) is 56.8 Å². The molecule has 0 heterocycles. The molecule has 2 amide bonds. The molecule has 3 N–H and O–H groups in total. The van der Waals surface area contributed by atoms with Crippen LogP contribution in [0.15, 0.2) is 0 Å². The highest BCUT2D eigenvalue weighted by molar-refractivity contribution is 5.74. The molecule has 0 aromatic rings. The summed E-state index contributed by atoms with van der Waals surface area (Å²) in [5, 5.41) is 16.0. The summed E-state index contributed by atoms with van der Waals surface area (Å²) in [6.45, 7) is 2.14. The summed E-state index contributed by atoms with van der Waals surface area (Å²) in [5.41, 5.74) is 0. The third-order valence-electron chi connectivity index (χ3n) is 5.84. The highest BCUT2D eigenvalue weighted by Crippen LogP contribution is 2.49. The Bertz CT molecular complexity index is 360. The van der Waals surface area contributed by atoms with Gasteiger partial charge in [-0.15, -0.1) is 0 Å². The highest BCUT2D eigenvalue weighted by Gasteiger charge is 2.42. The minimum atomic E-state index is -0.368. The lowest BCUT2D eigenvalue weighted by Gasteiger charge is -2.31. The van der Waals surface area contributed by atoms with Crippen LogP contribution >= 0.6 is 0 Å². The van der Waals surface area contributed by atoms with E-state index in [0.29, 0.717) is 5.92 Å². The first-order chi connectivity index (χ1) is 9.63. The Kier molecular flexibility index (Phi) is 4.20. The lowest BCUT2D eigenvalue weighted by atomic mass is 9.84. The Morgan fingerprint density at radius 2 is 1.95 bits per heavy atom. The zero-order valence-electron chi connectivity index (χ0n) is 12.5. The van der Waals surface area contributed by atoms with Gasteiger partial charge in [0.25, 0.3) is 0 Å². The van der Waals surface area contributed by atoms with Gasteiger partial charge < -0.3 is 15.7 Å². The van der Waals surface area contributed by atoms with Gasteiger partial charge in [-0.3, -0.25) is 0 Å². The van der Waals surface area contributed by atoms with Gasteiger partial charge in [-0.2, -0.15) is 0 Å². The van der Waals surface area contributed by atoms with Gasteiger partial charge in [-0.25, -0.2) is 4.79 Å². The van der Waals surface area contributed by atoms with Crippen LogP contribution in [-0.4, -0.2) is 29.3 Å². The Balaban J connectivity index is 1.46. The molecule has 3 fully saturated rings. The first-order valence-corrected chi connectivity index (χ1v) is 8.38. The lowest BCUT2D eigenvalue weighted by Crippen LogP contribution is -2.52. The van der Waals surface area contributed by atoms with Crippen LogP contribution in [0.4, 0.5) is 4.79 Å². The molecule has 114 valence electrons. The molecule has 20 heavy (non-hydrogen) atoms. The van der Waals surface area contributed by atoms with Crippen LogP contribution in [0.2, 0.25) is 0 Å². The SMILES string of the molecule is CC(NC(=O)NC1CCCCC1O)C1CC2CCC1C2.